The molecule has 0 radical (unpaired) electrons. The molecule has 1 aliphatic rings. The van der Waals surface area contributed by atoms with Crippen LogP contribution in [-0.2, 0) is 9.59 Å². The van der Waals surface area contributed by atoms with Crippen molar-refractivity contribution in [1.82, 2.24) is 10.6 Å². The first-order valence-corrected chi connectivity index (χ1v) is 8.20. The Morgan fingerprint density at radius 3 is 2.48 bits per heavy atom. The molecule has 1 fully saturated rings. The average molecular weight is 306 g/mol. The van der Waals surface area contributed by atoms with Gasteiger partial charge in [-0.05, 0) is 31.0 Å². The van der Waals surface area contributed by atoms with E-state index in [1.54, 1.807) is 0 Å². The third kappa shape index (κ3) is 4.49. The Kier molecular flexibility index (Phi) is 5.28. The van der Waals surface area contributed by atoms with E-state index in [1.165, 1.54) is 4.90 Å². The van der Waals surface area contributed by atoms with Crippen LogP contribution in [0.3, 0.4) is 0 Å². The van der Waals surface area contributed by atoms with Gasteiger partial charge in [-0.1, -0.05) is 26.0 Å². The van der Waals surface area contributed by atoms with Crippen LogP contribution in [-0.4, -0.2) is 23.1 Å². The van der Waals surface area contributed by atoms with Crippen molar-refractivity contribution >= 4 is 23.6 Å². The van der Waals surface area contributed by atoms with Crippen LogP contribution in [0.15, 0.2) is 29.2 Å². The maximum atomic E-state index is 12.1. The molecule has 0 unspecified atom stereocenters. The minimum Gasteiger partial charge on any atom is -0.348 e. The summed E-state index contributed by atoms with van der Waals surface area (Å²) in [6.07, 6.45) is 1.02. The van der Waals surface area contributed by atoms with Crippen LogP contribution in [0, 0.1) is 0 Å². The molecule has 0 aliphatic carbocycles. The van der Waals surface area contributed by atoms with Crippen molar-refractivity contribution in [3.05, 3.63) is 29.8 Å². The molecular weight excluding hydrogens is 284 g/mol. The number of benzene rings is 1. The first-order valence-electron chi connectivity index (χ1n) is 7.32. The molecule has 1 aliphatic heterocycles. The second kappa shape index (κ2) is 6.98. The Hall–Kier alpha value is -1.49. The molecule has 0 saturated carbocycles. The monoisotopic (exact) mass is 306 g/mol. The first kappa shape index (κ1) is 15.9. The highest BCUT2D eigenvalue weighted by Crippen LogP contribution is 2.24. The summed E-state index contributed by atoms with van der Waals surface area (Å²) in [6, 6.07) is 7.81. The van der Waals surface area contributed by atoms with Gasteiger partial charge in [0.25, 0.3) is 0 Å². The van der Waals surface area contributed by atoms with Crippen molar-refractivity contribution in [3.63, 3.8) is 0 Å². The smallest absolute Gasteiger partial charge is 0.243 e. The standard InChI is InChI=1S/C16H22N2O2S/c1-10(2)21-13-6-4-12(5-7-13)11(3)17-16(20)14-8-9-15(19)18-14/h4-7,10-11,14H,8-9H2,1-3H3,(H,17,20)(H,18,19)/t11-,14-/m0/s1. The number of nitrogens with one attached hydrogen (secondary N) is 2. The van der Waals surface area contributed by atoms with Gasteiger partial charge in [-0.25, -0.2) is 0 Å². The molecule has 0 spiro atoms. The lowest BCUT2D eigenvalue weighted by Gasteiger charge is -2.18. The van der Waals surface area contributed by atoms with E-state index >= 15 is 0 Å². The molecule has 21 heavy (non-hydrogen) atoms. The van der Waals surface area contributed by atoms with Crippen molar-refractivity contribution in [2.45, 2.75) is 55.8 Å². The minimum absolute atomic E-state index is 0.0436. The van der Waals surface area contributed by atoms with Gasteiger partial charge in [-0.15, -0.1) is 11.8 Å². The van der Waals surface area contributed by atoms with Crippen LogP contribution in [0.25, 0.3) is 0 Å². The summed E-state index contributed by atoms with van der Waals surface area (Å²) in [5.74, 6) is -0.146. The summed E-state index contributed by atoms with van der Waals surface area (Å²) >= 11 is 1.82. The van der Waals surface area contributed by atoms with Crippen LogP contribution in [0.2, 0.25) is 0 Å². The number of amides is 2. The van der Waals surface area contributed by atoms with Crippen molar-refractivity contribution in [2.24, 2.45) is 0 Å². The lowest BCUT2D eigenvalue weighted by Crippen LogP contribution is -2.42. The molecule has 1 saturated heterocycles. The van der Waals surface area contributed by atoms with E-state index in [0.717, 1.165) is 5.56 Å². The SMILES string of the molecule is CC(C)Sc1ccc([C@H](C)NC(=O)[C@@H]2CCC(=O)N2)cc1. The predicted octanol–water partition coefficient (Wildman–Crippen LogP) is 2.64. The lowest BCUT2D eigenvalue weighted by atomic mass is 10.1. The molecule has 1 aromatic rings. The minimum atomic E-state index is -0.379. The van der Waals surface area contributed by atoms with Gasteiger partial charge in [-0.2, -0.15) is 0 Å². The van der Waals surface area contributed by atoms with Crippen molar-refractivity contribution in [2.75, 3.05) is 0 Å². The van der Waals surface area contributed by atoms with E-state index in [-0.39, 0.29) is 23.9 Å². The number of carbonyl (C=O) groups is 2. The summed E-state index contributed by atoms with van der Waals surface area (Å²) in [5, 5.41) is 6.20. The Morgan fingerprint density at radius 1 is 1.29 bits per heavy atom. The van der Waals surface area contributed by atoms with Crippen LogP contribution in [0.4, 0.5) is 0 Å². The fourth-order valence-corrected chi connectivity index (χ4v) is 3.15. The zero-order valence-electron chi connectivity index (χ0n) is 12.7. The molecule has 4 nitrogen and oxygen atoms in total. The zero-order chi connectivity index (χ0) is 15.4. The highest BCUT2D eigenvalue weighted by Gasteiger charge is 2.27. The molecule has 5 heteroatoms. The molecule has 2 N–H and O–H groups in total. The molecule has 1 heterocycles. The van der Waals surface area contributed by atoms with E-state index in [9.17, 15) is 9.59 Å². The molecule has 1 aromatic carbocycles. The molecule has 2 amide bonds. The molecule has 0 aromatic heterocycles. The van der Waals surface area contributed by atoms with Crippen LogP contribution in [0.1, 0.15) is 45.2 Å². The second-order valence-corrected chi connectivity index (χ2v) is 7.27. The van der Waals surface area contributed by atoms with Gasteiger partial charge in [-0.3, -0.25) is 9.59 Å². The molecular formula is C16H22N2O2S. The Morgan fingerprint density at radius 2 is 1.95 bits per heavy atom. The van der Waals surface area contributed by atoms with Crippen LogP contribution in [0.5, 0.6) is 0 Å². The van der Waals surface area contributed by atoms with Crippen molar-refractivity contribution in [1.29, 1.82) is 0 Å². The van der Waals surface area contributed by atoms with E-state index < -0.39 is 0 Å². The number of carbonyl (C=O) groups excluding carboxylic acids is 2. The van der Waals surface area contributed by atoms with Gasteiger partial charge in [0.05, 0.1) is 6.04 Å². The maximum Gasteiger partial charge on any atom is 0.243 e. The van der Waals surface area contributed by atoms with Crippen molar-refractivity contribution in [3.8, 4) is 0 Å². The van der Waals surface area contributed by atoms with Crippen molar-refractivity contribution < 1.29 is 9.59 Å². The van der Waals surface area contributed by atoms with Gasteiger partial charge in [0, 0.05) is 16.6 Å². The maximum absolute atomic E-state index is 12.1. The average Bonchev–Trinajstić information content (AvgIpc) is 2.85. The summed E-state index contributed by atoms with van der Waals surface area (Å²) in [6.45, 7) is 6.29. The Bertz CT molecular complexity index is 514. The molecule has 114 valence electrons. The summed E-state index contributed by atoms with van der Waals surface area (Å²) < 4.78 is 0. The van der Waals surface area contributed by atoms with Gasteiger partial charge < -0.3 is 10.6 Å². The third-order valence-corrected chi connectivity index (χ3v) is 4.44. The highest BCUT2D eigenvalue weighted by atomic mass is 32.2. The van der Waals surface area contributed by atoms with Gasteiger partial charge >= 0.3 is 0 Å². The van der Waals surface area contributed by atoms with Crippen LogP contribution >= 0.6 is 11.8 Å². The lowest BCUT2D eigenvalue weighted by molar-refractivity contribution is -0.126. The van der Waals surface area contributed by atoms with E-state index in [1.807, 2.05) is 30.8 Å². The fraction of sp³-hybridized carbons (Fsp3) is 0.500. The van der Waals surface area contributed by atoms with E-state index in [0.29, 0.717) is 18.1 Å². The Labute approximate surface area is 130 Å². The second-order valence-electron chi connectivity index (χ2n) is 5.62. The topological polar surface area (TPSA) is 58.2 Å². The van der Waals surface area contributed by atoms with Gasteiger partial charge in [0.1, 0.15) is 6.04 Å². The number of hydrogen-bond donors (Lipinski definition) is 2. The summed E-state index contributed by atoms with van der Waals surface area (Å²) in [7, 11) is 0. The summed E-state index contributed by atoms with van der Waals surface area (Å²) in [5.41, 5.74) is 1.07. The molecule has 0 bridgehead atoms. The van der Waals surface area contributed by atoms with Gasteiger partial charge in [0.2, 0.25) is 11.8 Å². The number of rotatable bonds is 5. The first-order chi connectivity index (χ1) is 9.95. The quantitative estimate of drug-likeness (QED) is 0.822. The summed E-state index contributed by atoms with van der Waals surface area (Å²) in [4.78, 5) is 24.4. The predicted molar refractivity (Wildman–Crippen MR) is 85.2 cm³/mol. The normalized spacial score (nSPS) is 19.4. The third-order valence-electron chi connectivity index (χ3n) is 3.42. The zero-order valence-corrected chi connectivity index (χ0v) is 13.5. The van der Waals surface area contributed by atoms with E-state index in [4.69, 9.17) is 0 Å². The van der Waals surface area contributed by atoms with Gasteiger partial charge in [0.15, 0.2) is 0 Å². The Balaban J connectivity index is 1.92. The number of thioether (sulfide) groups is 1. The fourth-order valence-electron chi connectivity index (χ4n) is 2.32. The molecule has 2 rings (SSSR count). The highest BCUT2D eigenvalue weighted by molar-refractivity contribution is 7.99. The van der Waals surface area contributed by atoms with Crippen LogP contribution < -0.4 is 10.6 Å². The number of hydrogen-bond acceptors (Lipinski definition) is 3. The van der Waals surface area contributed by atoms with E-state index in [2.05, 4.69) is 36.6 Å². The molecule has 2 atom stereocenters. The largest absolute Gasteiger partial charge is 0.348 e.